The van der Waals surface area contributed by atoms with E-state index in [1.807, 2.05) is 29.2 Å². The normalized spacial score (nSPS) is 14.6. The summed E-state index contributed by atoms with van der Waals surface area (Å²) in [5.74, 6) is 0.657. The molecule has 0 bridgehead atoms. The number of thiazole rings is 1. The largest absolute Gasteiger partial charge is 0.496 e. The molecule has 1 fully saturated rings. The average Bonchev–Trinajstić information content (AvgIpc) is 3.15. The Bertz CT molecular complexity index is 990. The van der Waals surface area contributed by atoms with Crippen molar-refractivity contribution in [3.05, 3.63) is 53.1 Å². The third kappa shape index (κ3) is 3.25. The molecule has 1 amide bonds. The molecule has 3 aromatic rings. The number of rotatable bonds is 3. The highest BCUT2D eigenvalue weighted by Gasteiger charge is 2.25. The summed E-state index contributed by atoms with van der Waals surface area (Å²) in [4.78, 5) is 21.9. The summed E-state index contributed by atoms with van der Waals surface area (Å²) >= 11 is 1.73. The maximum Gasteiger partial charge on any atom is 0.257 e. The second-order valence-corrected chi connectivity index (χ2v) is 7.84. The topological polar surface area (TPSA) is 45.7 Å². The number of carbonyl (C=O) groups excluding carboxylic acids is 1. The minimum absolute atomic E-state index is 0.0304. The van der Waals surface area contributed by atoms with E-state index in [9.17, 15) is 4.79 Å². The van der Waals surface area contributed by atoms with Crippen LogP contribution in [0.25, 0.3) is 10.2 Å². The highest BCUT2D eigenvalue weighted by molar-refractivity contribution is 7.22. The molecule has 0 aliphatic carbocycles. The van der Waals surface area contributed by atoms with E-state index in [2.05, 4.69) is 30.9 Å². The Morgan fingerprint density at radius 3 is 2.56 bits per heavy atom. The summed E-state index contributed by atoms with van der Waals surface area (Å²) in [6, 6.07) is 11.7. The average molecular weight is 382 g/mol. The number of methoxy groups -OCH3 is 1. The third-order valence-electron chi connectivity index (χ3n) is 5.25. The van der Waals surface area contributed by atoms with Gasteiger partial charge in [-0.15, -0.1) is 0 Å². The smallest absolute Gasteiger partial charge is 0.257 e. The highest BCUT2D eigenvalue weighted by Crippen LogP contribution is 2.32. The summed E-state index contributed by atoms with van der Waals surface area (Å²) in [6.07, 6.45) is 0. The van der Waals surface area contributed by atoms with E-state index in [1.165, 1.54) is 15.8 Å². The van der Waals surface area contributed by atoms with Crippen molar-refractivity contribution >= 4 is 32.6 Å². The second-order valence-electron chi connectivity index (χ2n) is 6.83. The highest BCUT2D eigenvalue weighted by atomic mass is 32.1. The van der Waals surface area contributed by atoms with Gasteiger partial charge >= 0.3 is 0 Å². The lowest BCUT2D eigenvalue weighted by Crippen LogP contribution is -2.48. The van der Waals surface area contributed by atoms with Gasteiger partial charge in [0.15, 0.2) is 5.13 Å². The van der Waals surface area contributed by atoms with Gasteiger partial charge < -0.3 is 14.5 Å². The molecule has 2 aromatic carbocycles. The van der Waals surface area contributed by atoms with E-state index in [0.717, 1.165) is 23.7 Å². The van der Waals surface area contributed by atoms with E-state index in [0.29, 0.717) is 24.4 Å². The second kappa shape index (κ2) is 7.19. The van der Waals surface area contributed by atoms with Crippen LogP contribution in [-0.2, 0) is 0 Å². The Hall–Kier alpha value is -2.60. The number of aromatic nitrogens is 1. The summed E-state index contributed by atoms with van der Waals surface area (Å²) < 4.78 is 6.56. The SMILES string of the molecule is COc1ccccc1C(=O)N1CCN(c2nc3c(C)c(C)ccc3s2)CC1. The van der Waals surface area contributed by atoms with Crippen LogP contribution in [0.15, 0.2) is 36.4 Å². The first-order valence-electron chi connectivity index (χ1n) is 9.12. The third-order valence-corrected chi connectivity index (χ3v) is 6.33. The molecule has 0 saturated carbocycles. The number of benzene rings is 2. The molecule has 0 N–H and O–H groups in total. The van der Waals surface area contributed by atoms with E-state index < -0.39 is 0 Å². The van der Waals surface area contributed by atoms with Crippen LogP contribution in [0.5, 0.6) is 5.75 Å². The number of carbonyl (C=O) groups is 1. The van der Waals surface area contributed by atoms with Crippen molar-refractivity contribution in [2.45, 2.75) is 13.8 Å². The molecule has 2 heterocycles. The van der Waals surface area contributed by atoms with Crippen LogP contribution >= 0.6 is 11.3 Å². The Balaban J connectivity index is 1.49. The van der Waals surface area contributed by atoms with Gasteiger partial charge in [-0.25, -0.2) is 4.98 Å². The van der Waals surface area contributed by atoms with Crippen molar-refractivity contribution in [1.29, 1.82) is 0 Å². The van der Waals surface area contributed by atoms with Gasteiger partial charge in [0.1, 0.15) is 5.75 Å². The standard InChI is InChI=1S/C21H23N3O2S/c1-14-8-9-18-19(15(14)2)22-21(27-18)24-12-10-23(11-13-24)20(25)16-6-4-5-7-17(16)26-3/h4-9H,10-13H2,1-3H3. The summed E-state index contributed by atoms with van der Waals surface area (Å²) in [5.41, 5.74) is 4.24. The predicted molar refractivity (Wildman–Crippen MR) is 110 cm³/mol. The van der Waals surface area contributed by atoms with Gasteiger partial charge in [-0.2, -0.15) is 0 Å². The monoisotopic (exact) mass is 381 g/mol. The van der Waals surface area contributed by atoms with Gasteiger partial charge in [-0.3, -0.25) is 4.79 Å². The number of para-hydroxylation sites is 1. The molecule has 4 rings (SSSR count). The van der Waals surface area contributed by atoms with Gasteiger partial charge in [-0.05, 0) is 43.2 Å². The van der Waals surface area contributed by atoms with E-state index in [-0.39, 0.29) is 5.91 Å². The van der Waals surface area contributed by atoms with Gasteiger partial charge in [0.05, 0.1) is 22.9 Å². The Kier molecular flexibility index (Phi) is 4.74. The molecular weight excluding hydrogens is 358 g/mol. The molecular formula is C21H23N3O2S. The van der Waals surface area contributed by atoms with Crippen molar-refractivity contribution in [1.82, 2.24) is 9.88 Å². The zero-order chi connectivity index (χ0) is 19.0. The number of aryl methyl sites for hydroxylation is 2. The molecule has 1 aliphatic heterocycles. The zero-order valence-electron chi connectivity index (χ0n) is 15.9. The lowest BCUT2D eigenvalue weighted by molar-refractivity contribution is 0.0743. The molecule has 1 aromatic heterocycles. The van der Waals surface area contributed by atoms with E-state index in [4.69, 9.17) is 9.72 Å². The maximum absolute atomic E-state index is 12.9. The van der Waals surface area contributed by atoms with E-state index >= 15 is 0 Å². The first-order valence-corrected chi connectivity index (χ1v) is 9.94. The molecule has 0 atom stereocenters. The van der Waals surface area contributed by atoms with Crippen molar-refractivity contribution < 1.29 is 9.53 Å². The number of amides is 1. The molecule has 0 unspecified atom stereocenters. The Morgan fingerprint density at radius 1 is 1.07 bits per heavy atom. The number of anilines is 1. The zero-order valence-corrected chi connectivity index (χ0v) is 16.7. The fourth-order valence-electron chi connectivity index (χ4n) is 3.44. The first-order chi connectivity index (χ1) is 13.1. The fraction of sp³-hybridized carbons (Fsp3) is 0.333. The van der Waals surface area contributed by atoms with Crippen LogP contribution in [0, 0.1) is 13.8 Å². The van der Waals surface area contributed by atoms with E-state index in [1.54, 1.807) is 18.4 Å². The minimum Gasteiger partial charge on any atom is -0.496 e. The van der Waals surface area contributed by atoms with Crippen molar-refractivity contribution in [2.75, 3.05) is 38.2 Å². The number of hydrogen-bond donors (Lipinski definition) is 0. The van der Waals surface area contributed by atoms with Crippen LogP contribution < -0.4 is 9.64 Å². The van der Waals surface area contributed by atoms with Gasteiger partial charge in [0.2, 0.25) is 0 Å². The summed E-state index contributed by atoms with van der Waals surface area (Å²) in [6.45, 7) is 7.20. The van der Waals surface area contributed by atoms with Gasteiger partial charge in [0, 0.05) is 26.2 Å². The maximum atomic E-state index is 12.9. The van der Waals surface area contributed by atoms with Crippen LogP contribution in [0.1, 0.15) is 21.5 Å². The predicted octanol–water partition coefficient (Wildman–Crippen LogP) is 3.88. The number of hydrogen-bond acceptors (Lipinski definition) is 5. The minimum atomic E-state index is 0.0304. The molecule has 0 radical (unpaired) electrons. The van der Waals surface area contributed by atoms with Crippen molar-refractivity contribution in [2.24, 2.45) is 0 Å². The lowest BCUT2D eigenvalue weighted by Gasteiger charge is -2.34. The molecule has 6 heteroatoms. The molecule has 1 aliphatic rings. The molecule has 27 heavy (non-hydrogen) atoms. The fourth-order valence-corrected chi connectivity index (χ4v) is 4.52. The lowest BCUT2D eigenvalue weighted by atomic mass is 10.1. The van der Waals surface area contributed by atoms with Crippen LogP contribution in [0.3, 0.4) is 0 Å². The van der Waals surface area contributed by atoms with Crippen molar-refractivity contribution in [3.8, 4) is 5.75 Å². The first kappa shape index (κ1) is 17.8. The van der Waals surface area contributed by atoms with Crippen LogP contribution in [0.4, 0.5) is 5.13 Å². The summed E-state index contributed by atoms with van der Waals surface area (Å²) in [5, 5.41) is 1.04. The van der Waals surface area contributed by atoms with Gasteiger partial charge in [0.25, 0.3) is 5.91 Å². The van der Waals surface area contributed by atoms with Crippen molar-refractivity contribution in [3.63, 3.8) is 0 Å². The summed E-state index contributed by atoms with van der Waals surface area (Å²) in [7, 11) is 1.60. The van der Waals surface area contributed by atoms with Crippen LogP contribution in [0.2, 0.25) is 0 Å². The molecule has 0 spiro atoms. The van der Waals surface area contributed by atoms with Gasteiger partial charge in [-0.1, -0.05) is 29.5 Å². The Labute approximate surface area is 163 Å². The molecule has 1 saturated heterocycles. The Morgan fingerprint density at radius 2 is 1.81 bits per heavy atom. The number of fused-ring (bicyclic) bond motifs is 1. The number of ether oxygens (including phenoxy) is 1. The molecule has 5 nitrogen and oxygen atoms in total. The number of piperazine rings is 1. The number of nitrogens with zero attached hydrogens (tertiary/aromatic N) is 3. The quantitative estimate of drug-likeness (QED) is 0.691. The van der Waals surface area contributed by atoms with Crippen LogP contribution in [-0.4, -0.2) is 49.1 Å². The molecule has 140 valence electrons.